The number of aliphatic carboxylic acids is 1. The zero-order valence-electron chi connectivity index (χ0n) is 9.81. The van der Waals surface area contributed by atoms with Crippen molar-refractivity contribution in [3.8, 4) is 0 Å². The second-order valence-corrected chi connectivity index (χ2v) is 4.32. The van der Waals surface area contributed by atoms with E-state index in [0.29, 0.717) is 19.5 Å². The molecule has 0 spiro atoms. The summed E-state index contributed by atoms with van der Waals surface area (Å²) in [6.07, 6.45) is 2.98. The van der Waals surface area contributed by atoms with Crippen LogP contribution in [0.1, 0.15) is 25.7 Å². The number of amides is 1. The van der Waals surface area contributed by atoms with E-state index in [1.54, 1.807) is 0 Å². The third-order valence-electron chi connectivity index (χ3n) is 2.79. The number of carboxylic acid groups (broad SMARTS) is 1. The molecule has 5 heteroatoms. The molecule has 0 saturated carbocycles. The predicted octanol–water partition coefficient (Wildman–Crippen LogP) is 0.405. The predicted molar refractivity (Wildman–Crippen MR) is 60.2 cm³/mol. The highest BCUT2D eigenvalue weighted by Crippen LogP contribution is 2.07. The maximum absolute atomic E-state index is 11.7. The average Bonchev–Trinajstić information content (AvgIpc) is 2.69. The molecule has 0 aromatic heterocycles. The van der Waals surface area contributed by atoms with Gasteiger partial charge in [0.2, 0.25) is 5.91 Å². The summed E-state index contributed by atoms with van der Waals surface area (Å²) in [6, 6.07) is 0. The van der Waals surface area contributed by atoms with Crippen LogP contribution in [0.25, 0.3) is 0 Å². The van der Waals surface area contributed by atoms with Gasteiger partial charge < -0.3 is 10.0 Å². The molecule has 1 aliphatic heterocycles. The highest BCUT2D eigenvalue weighted by Gasteiger charge is 2.18. The Morgan fingerprint density at radius 2 is 1.94 bits per heavy atom. The number of nitrogens with zero attached hydrogens (tertiary/aromatic N) is 2. The van der Waals surface area contributed by atoms with E-state index in [0.717, 1.165) is 25.9 Å². The molecule has 1 heterocycles. The quantitative estimate of drug-likeness (QED) is 0.715. The molecule has 5 nitrogen and oxygen atoms in total. The van der Waals surface area contributed by atoms with Gasteiger partial charge in [0, 0.05) is 19.5 Å². The molecule has 16 heavy (non-hydrogen) atoms. The molecule has 1 fully saturated rings. The Hall–Kier alpha value is -1.10. The first-order chi connectivity index (χ1) is 7.59. The molecule has 0 bridgehead atoms. The van der Waals surface area contributed by atoms with Crippen molar-refractivity contribution in [3.63, 3.8) is 0 Å². The molecular weight excluding hydrogens is 208 g/mol. The lowest BCUT2D eigenvalue weighted by molar-refractivity contribution is -0.137. The molecular formula is C11H20N2O3. The van der Waals surface area contributed by atoms with Gasteiger partial charge in [-0.3, -0.25) is 14.5 Å². The first-order valence-electron chi connectivity index (χ1n) is 5.77. The molecule has 0 radical (unpaired) electrons. The van der Waals surface area contributed by atoms with Gasteiger partial charge >= 0.3 is 5.97 Å². The zero-order valence-corrected chi connectivity index (χ0v) is 9.81. The van der Waals surface area contributed by atoms with Crippen molar-refractivity contribution in [1.29, 1.82) is 0 Å². The molecule has 0 atom stereocenters. The minimum absolute atomic E-state index is 0.162. The second-order valence-electron chi connectivity index (χ2n) is 4.32. The number of likely N-dealkylation sites (N-methyl/N-ethyl adjacent to an activating group) is 1. The highest BCUT2D eigenvalue weighted by molar-refractivity contribution is 5.78. The SMILES string of the molecule is CN(CCCC(=O)O)CC(=O)N1CCCC1. The van der Waals surface area contributed by atoms with E-state index >= 15 is 0 Å². The number of rotatable bonds is 6. The normalized spacial score (nSPS) is 15.8. The fraction of sp³-hybridized carbons (Fsp3) is 0.818. The smallest absolute Gasteiger partial charge is 0.303 e. The molecule has 0 unspecified atom stereocenters. The van der Waals surface area contributed by atoms with Gasteiger partial charge in [-0.1, -0.05) is 0 Å². The summed E-state index contributed by atoms with van der Waals surface area (Å²) in [6.45, 7) is 2.81. The Labute approximate surface area is 96.0 Å². The van der Waals surface area contributed by atoms with E-state index in [1.165, 1.54) is 0 Å². The molecule has 1 N–H and O–H groups in total. The van der Waals surface area contributed by atoms with Gasteiger partial charge in [-0.15, -0.1) is 0 Å². The summed E-state index contributed by atoms with van der Waals surface area (Å²) in [5, 5.41) is 8.49. The maximum Gasteiger partial charge on any atom is 0.303 e. The van der Waals surface area contributed by atoms with Crippen molar-refractivity contribution in [2.24, 2.45) is 0 Å². The Bertz CT molecular complexity index is 250. The number of carbonyl (C=O) groups excluding carboxylic acids is 1. The molecule has 0 aromatic carbocycles. The van der Waals surface area contributed by atoms with Crippen LogP contribution in [0, 0.1) is 0 Å². The lowest BCUT2D eigenvalue weighted by Crippen LogP contribution is -2.37. The van der Waals surface area contributed by atoms with Crippen LogP contribution >= 0.6 is 0 Å². The Kier molecular flexibility index (Phi) is 5.25. The van der Waals surface area contributed by atoms with Crippen LogP contribution < -0.4 is 0 Å². The minimum atomic E-state index is -0.778. The first-order valence-corrected chi connectivity index (χ1v) is 5.77. The number of hydrogen-bond acceptors (Lipinski definition) is 3. The van der Waals surface area contributed by atoms with Crippen LogP contribution in [0.5, 0.6) is 0 Å². The fourth-order valence-electron chi connectivity index (χ4n) is 1.88. The first kappa shape index (κ1) is 13.0. The Morgan fingerprint density at radius 3 is 2.50 bits per heavy atom. The summed E-state index contributed by atoms with van der Waals surface area (Å²) >= 11 is 0. The average molecular weight is 228 g/mol. The number of hydrogen-bond donors (Lipinski definition) is 1. The van der Waals surface area contributed by atoms with Crippen LogP contribution in [-0.4, -0.2) is 60.0 Å². The molecule has 1 aliphatic rings. The molecule has 1 rings (SSSR count). The third kappa shape index (κ3) is 4.61. The van der Waals surface area contributed by atoms with Gasteiger partial charge in [-0.2, -0.15) is 0 Å². The Balaban J connectivity index is 2.14. The van der Waals surface area contributed by atoms with E-state index in [-0.39, 0.29) is 12.3 Å². The minimum Gasteiger partial charge on any atom is -0.481 e. The number of carboxylic acids is 1. The molecule has 92 valence electrons. The van der Waals surface area contributed by atoms with Crippen molar-refractivity contribution in [2.45, 2.75) is 25.7 Å². The van der Waals surface area contributed by atoms with Gasteiger partial charge in [0.1, 0.15) is 0 Å². The van der Waals surface area contributed by atoms with Gasteiger partial charge in [-0.25, -0.2) is 0 Å². The van der Waals surface area contributed by atoms with Crippen LogP contribution in [0.2, 0.25) is 0 Å². The van der Waals surface area contributed by atoms with E-state index in [4.69, 9.17) is 5.11 Å². The molecule has 0 aliphatic carbocycles. The Morgan fingerprint density at radius 1 is 1.31 bits per heavy atom. The topological polar surface area (TPSA) is 60.9 Å². The van der Waals surface area contributed by atoms with E-state index in [2.05, 4.69) is 0 Å². The lowest BCUT2D eigenvalue weighted by Gasteiger charge is -2.20. The van der Waals surface area contributed by atoms with E-state index in [9.17, 15) is 9.59 Å². The highest BCUT2D eigenvalue weighted by atomic mass is 16.4. The molecule has 0 aromatic rings. The van der Waals surface area contributed by atoms with Crippen molar-refractivity contribution >= 4 is 11.9 Å². The maximum atomic E-state index is 11.7. The van der Waals surface area contributed by atoms with E-state index < -0.39 is 5.97 Å². The summed E-state index contributed by atoms with van der Waals surface area (Å²) in [4.78, 5) is 25.8. The molecule has 1 saturated heterocycles. The fourth-order valence-corrected chi connectivity index (χ4v) is 1.88. The number of likely N-dealkylation sites (tertiary alicyclic amines) is 1. The van der Waals surface area contributed by atoms with Crippen molar-refractivity contribution < 1.29 is 14.7 Å². The third-order valence-corrected chi connectivity index (χ3v) is 2.79. The zero-order chi connectivity index (χ0) is 12.0. The second kappa shape index (κ2) is 6.48. The monoisotopic (exact) mass is 228 g/mol. The van der Waals surface area contributed by atoms with Crippen molar-refractivity contribution in [3.05, 3.63) is 0 Å². The largest absolute Gasteiger partial charge is 0.481 e. The van der Waals surface area contributed by atoms with Gasteiger partial charge in [0.05, 0.1) is 6.54 Å². The van der Waals surface area contributed by atoms with Gasteiger partial charge in [0.25, 0.3) is 0 Å². The molecule has 1 amide bonds. The van der Waals surface area contributed by atoms with Gasteiger partial charge in [0.15, 0.2) is 0 Å². The van der Waals surface area contributed by atoms with Crippen LogP contribution in [-0.2, 0) is 9.59 Å². The standard InChI is InChI=1S/C11H20N2O3/c1-12(6-4-5-11(15)16)9-10(14)13-7-2-3-8-13/h2-9H2,1H3,(H,15,16). The summed E-state index contributed by atoms with van der Waals surface area (Å²) in [5.74, 6) is -0.616. The van der Waals surface area contributed by atoms with E-state index in [1.807, 2.05) is 16.8 Å². The lowest BCUT2D eigenvalue weighted by atomic mass is 10.3. The summed E-state index contributed by atoms with van der Waals surface area (Å²) in [5.41, 5.74) is 0. The van der Waals surface area contributed by atoms with Gasteiger partial charge in [-0.05, 0) is 32.9 Å². The van der Waals surface area contributed by atoms with Crippen molar-refractivity contribution in [1.82, 2.24) is 9.80 Å². The number of carbonyl (C=O) groups is 2. The summed E-state index contributed by atoms with van der Waals surface area (Å²) in [7, 11) is 1.86. The van der Waals surface area contributed by atoms with Crippen molar-refractivity contribution in [2.75, 3.05) is 33.2 Å². The van der Waals surface area contributed by atoms with Crippen LogP contribution in [0.3, 0.4) is 0 Å². The van der Waals surface area contributed by atoms with Crippen LogP contribution in [0.4, 0.5) is 0 Å². The summed E-state index contributed by atoms with van der Waals surface area (Å²) < 4.78 is 0. The van der Waals surface area contributed by atoms with Crippen LogP contribution in [0.15, 0.2) is 0 Å².